The van der Waals surface area contributed by atoms with Crippen molar-refractivity contribution in [2.45, 2.75) is 25.0 Å². The Morgan fingerprint density at radius 3 is 2.47 bits per heavy atom. The van der Waals surface area contributed by atoms with Crippen molar-refractivity contribution in [2.75, 3.05) is 0 Å². The van der Waals surface area contributed by atoms with Crippen molar-refractivity contribution < 1.29 is 19.8 Å². The molecule has 2 atom stereocenters. The predicted molar refractivity (Wildman–Crippen MR) is 65.8 cm³/mol. The van der Waals surface area contributed by atoms with Crippen LogP contribution >= 0.6 is 0 Å². The maximum atomic E-state index is 11.7. The number of carbonyl (C=O) groups is 2. The van der Waals surface area contributed by atoms with Crippen molar-refractivity contribution in [2.24, 2.45) is 0 Å². The van der Waals surface area contributed by atoms with Crippen LogP contribution in [-0.4, -0.2) is 28.1 Å². The number of nitriles is 1. The van der Waals surface area contributed by atoms with Crippen molar-refractivity contribution >= 4 is 11.9 Å². The zero-order valence-electron chi connectivity index (χ0n) is 10.1. The summed E-state index contributed by atoms with van der Waals surface area (Å²) in [6.45, 7) is 0. The first-order chi connectivity index (χ1) is 9.06. The van der Waals surface area contributed by atoms with Crippen LogP contribution in [0.3, 0.4) is 0 Å². The molecule has 0 aromatic heterocycles. The van der Waals surface area contributed by atoms with Gasteiger partial charge < -0.3 is 15.5 Å². The maximum absolute atomic E-state index is 11.7. The molecule has 0 spiro atoms. The number of carbonyl (C=O) groups excluding carboxylic acids is 1. The summed E-state index contributed by atoms with van der Waals surface area (Å²) in [5, 5.41) is 29.3. The van der Waals surface area contributed by atoms with Gasteiger partial charge in [-0.05, 0) is 12.0 Å². The molecule has 6 nitrogen and oxygen atoms in total. The van der Waals surface area contributed by atoms with E-state index >= 15 is 0 Å². The summed E-state index contributed by atoms with van der Waals surface area (Å²) >= 11 is 0. The van der Waals surface area contributed by atoms with E-state index in [9.17, 15) is 14.7 Å². The summed E-state index contributed by atoms with van der Waals surface area (Å²) in [6.07, 6.45) is -1.41. The second kappa shape index (κ2) is 7.13. The third-order valence-electron chi connectivity index (χ3n) is 2.52. The molecule has 1 aromatic carbocycles. The van der Waals surface area contributed by atoms with Gasteiger partial charge >= 0.3 is 5.97 Å². The van der Waals surface area contributed by atoms with Gasteiger partial charge in [-0.3, -0.25) is 4.79 Å². The van der Waals surface area contributed by atoms with Crippen LogP contribution in [0, 0.1) is 11.3 Å². The number of aliphatic carboxylic acids is 1. The Morgan fingerprint density at radius 2 is 1.95 bits per heavy atom. The van der Waals surface area contributed by atoms with Gasteiger partial charge in [-0.25, -0.2) is 4.79 Å². The summed E-state index contributed by atoms with van der Waals surface area (Å²) in [4.78, 5) is 22.6. The zero-order chi connectivity index (χ0) is 14.3. The van der Waals surface area contributed by atoms with Crippen LogP contribution in [-0.2, 0) is 9.59 Å². The SMILES string of the molecule is N#CCC[C@H](NC(=O)[C@@H](O)c1ccccc1)C(=O)O. The van der Waals surface area contributed by atoms with Gasteiger partial charge in [0.1, 0.15) is 6.04 Å². The van der Waals surface area contributed by atoms with Gasteiger partial charge in [0.15, 0.2) is 6.10 Å². The average molecular weight is 262 g/mol. The van der Waals surface area contributed by atoms with Crippen molar-refractivity contribution in [3.63, 3.8) is 0 Å². The van der Waals surface area contributed by atoms with E-state index in [1.165, 1.54) is 0 Å². The average Bonchev–Trinajstić information content (AvgIpc) is 2.43. The molecule has 0 radical (unpaired) electrons. The minimum Gasteiger partial charge on any atom is -0.480 e. The molecule has 3 N–H and O–H groups in total. The molecule has 1 amide bonds. The highest BCUT2D eigenvalue weighted by molar-refractivity contribution is 5.86. The molecule has 19 heavy (non-hydrogen) atoms. The Balaban J connectivity index is 2.67. The van der Waals surface area contributed by atoms with Crippen LogP contribution in [0.5, 0.6) is 0 Å². The van der Waals surface area contributed by atoms with E-state index in [-0.39, 0.29) is 12.8 Å². The number of aliphatic hydroxyl groups excluding tert-OH is 1. The molecule has 1 rings (SSSR count). The second-order valence-corrected chi connectivity index (χ2v) is 3.91. The molecule has 0 saturated heterocycles. The topological polar surface area (TPSA) is 110 Å². The molecule has 0 saturated carbocycles. The number of amides is 1. The lowest BCUT2D eigenvalue weighted by molar-refractivity contribution is -0.143. The third-order valence-corrected chi connectivity index (χ3v) is 2.52. The summed E-state index contributed by atoms with van der Waals surface area (Å²) in [6, 6.07) is 8.83. The van der Waals surface area contributed by atoms with Crippen LogP contribution in [0.1, 0.15) is 24.5 Å². The standard InChI is InChI=1S/C13H14N2O4/c14-8-4-7-10(13(18)19)15-12(17)11(16)9-5-2-1-3-6-9/h1-3,5-6,10-11,16H,4,7H2,(H,15,17)(H,18,19)/t10-,11-/m0/s1. The first-order valence-electron chi connectivity index (χ1n) is 5.69. The molecule has 0 aliphatic rings. The number of nitrogens with one attached hydrogen (secondary N) is 1. The van der Waals surface area contributed by atoms with Crippen LogP contribution in [0.15, 0.2) is 30.3 Å². The molecule has 100 valence electrons. The summed E-state index contributed by atoms with van der Waals surface area (Å²) in [5.74, 6) is -2.03. The number of carboxylic acids is 1. The monoisotopic (exact) mass is 262 g/mol. The van der Waals surface area contributed by atoms with Crippen LogP contribution in [0.25, 0.3) is 0 Å². The molecule has 0 aliphatic heterocycles. The van der Waals surface area contributed by atoms with Gasteiger partial charge in [0.25, 0.3) is 5.91 Å². The fourth-order valence-corrected chi connectivity index (χ4v) is 1.50. The highest BCUT2D eigenvalue weighted by Gasteiger charge is 2.24. The Labute approximate surface area is 110 Å². The number of benzene rings is 1. The molecular weight excluding hydrogens is 248 g/mol. The van der Waals surface area contributed by atoms with Crippen LogP contribution < -0.4 is 5.32 Å². The number of aliphatic hydroxyl groups is 1. The number of hydrogen-bond acceptors (Lipinski definition) is 4. The van der Waals surface area contributed by atoms with E-state index in [2.05, 4.69) is 5.32 Å². The van der Waals surface area contributed by atoms with Crippen LogP contribution in [0.4, 0.5) is 0 Å². The van der Waals surface area contributed by atoms with Gasteiger partial charge in [-0.1, -0.05) is 30.3 Å². The van der Waals surface area contributed by atoms with Crippen LogP contribution in [0.2, 0.25) is 0 Å². The fraction of sp³-hybridized carbons (Fsp3) is 0.308. The van der Waals surface area contributed by atoms with Crippen molar-refractivity contribution in [1.82, 2.24) is 5.32 Å². The van der Waals surface area contributed by atoms with Gasteiger partial charge in [-0.2, -0.15) is 5.26 Å². The van der Waals surface area contributed by atoms with Crippen molar-refractivity contribution in [3.8, 4) is 6.07 Å². The van der Waals surface area contributed by atoms with E-state index in [1.54, 1.807) is 30.3 Å². The highest BCUT2D eigenvalue weighted by Crippen LogP contribution is 2.12. The lowest BCUT2D eigenvalue weighted by Crippen LogP contribution is -2.43. The predicted octanol–water partition coefficient (Wildman–Crippen LogP) is 0.593. The van der Waals surface area contributed by atoms with E-state index in [1.807, 2.05) is 6.07 Å². The smallest absolute Gasteiger partial charge is 0.326 e. The molecule has 0 bridgehead atoms. The minimum absolute atomic E-state index is 0.000910. The van der Waals surface area contributed by atoms with Gasteiger partial charge in [-0.15, -0.1) is 0 Å². The Kier molecular flexibility index (Phi) is 5.51. The van der Waals surface area contributed by atoms with E-state index in [0.29, 0.717) is 5.56 Å². The van der Waals surface area contributed by atoms with Crippen molar-refractivity contribution in [3.05, 3.63) is 35.9 Å². The van der Waals surface area contributed by atoms with Crippen molar-refractivity contribution in [1.29, 1.82) is 5.26 Å². The quantitative estimate of drug-likeness (QED) is 0.695. The molecule has 0 aliphatic carbocycles. The number of rotatable bonds is 6. The third kappa shape index (κ3) is 4.41. The Hall–Kier alpha value is -2.39. The molecule has 0 heterocycles. The Bertz CT molecular complexity index is 481. The fourth-order valence-electron chi connectivity index (χ4n) is 1.50. The lowest BCUT2D eigenvalue weighted by Gasteiger charge is -2.16. The maximum Gasteiger partial charge on any atom is 0.326 e. The van der Waals surface area contributed by atoms with Gasteiger partial charge in [0, 0.05) is 6.42 Å². The number of hydrogen-bond donors (Lipinski definition) is 3. The molecule has 1 aromatic rings. The van der Waals surface area contributed by atoms with E-state index < -0.39 is 24.0 Å². The van der Waals surface area contributed by atoms with E-state index in [4.69, 9.17) is 10.4 Å². The second-order valence-electron chi connectivity index (χ2n) is 3.91. The summed E-state index contributed by atoms with van der Waals surface area (Å²) in [7, 11) is 0. The minimum atomic E-state index is -1.43. The number of nitrogens with zero attached hydrogens (tertiary/aromatic N) is 1. The zero-order valence-corrected chi connectivity index (χ0v) is 10.1. The molecule has 6 heteroatoms. The normalized spacial score (nSPS) is 13.1. The molecule has 0 unspecified atom stereocenters. The van der Waals surface area contributed by atoms with Gasteiger partial charge in [0.05, 0.1) is 6.07 Å². The first kappa shape index (κ1) is 14.7. The highest BCUT2D eigenvalue weighted by atomic mass is 16.4. The Morgan fingerprint density at radius 1 is 1.32 bits per heavy atom. The summed E-state index contributed by atoms with van der Waals surface area (Å²) < 4.78 is 0. The summed E-state index contributed by atoms with van der Waals surface area (Å²) in [5.41, 5.74) is 0.379. The molecular formula is C13H14N2O4. The lowest BCUT2D eigenvalue weighted by atomic mass is 10.1. The number of carboxylic acid groups (broad SMARTS) is 1. The van der Waals surface area contributed by atoms with Gasteiger partial charge in [0.2, 0.25) is 0 Å². The first-order valence-corrected chi connectivity index (χ1v) is 5.69. The van der Waals surface area contributed by atoms with E-state index in [0.717, 1.165) is 0 Å². The molecule has 0 fully saturated rings. The largest absolute Gasteiger partial charge is 0.480 e.